The minimum atomic E-state index is -3.88. The average Bonchev–Trinajstić information content (AvgIpc) is 2.65. The summed E-state index contributed by atoms with van der Waals surface area (Å²) in [5.41, 5.74) is 1.38. The molecule has 6 nitrogen and oxygen atoms in total. The number of nitrogens with one attached hydrogen (secondary N) is 1. The minimum Gasteiger partial charge on any atom is -0.497 e. The van der Waals surface area contributed by atoms with Crippen LogP contribution in [0.2, 0.25) is 0 Å². The number of hydrogen-bond donors (Lipinski definition) is 1. The van der Waals surface area contributed by atoms with Crippen LogP contribution in [-0.4, -0.2) is 39.0 Å². The number of methoxy groups -OCH3 is 1. The van der Waals surface area contributed by atoms with Crippen LogP contribution in [0.3, 0.4) is 0 Å². The van der Waals surface area contributed by atoms with Gasteiger partial charge in [-0.1, -0.05) is 26.0 Å². The number of ether oxygens (including phenoxy) is 1. The van der Waals surface area contributed by atoms with Crippen molar-refractivity contribution in [2.45, 2.75) is 52.0 Å². The maximum absolute atomic E-state index is 12.5. The zero-order valence-corrected chi connectivity index (χ0v) is 16.5. The molecule has 1 N–H and O–H groups in total. The monoisotopic (exact) mass is 380 g/mol. The summed E-state index contributed by atoms with van der Waals surface area (Å²) in [7, 11) is -2.32. The first-order valence-corrected chi connectivity index (χ1v) is 10.6. The highest BCUT2D eigenvalue weighted by atomic mass is 32.2. The van der Waals surface area contributed by atoms with Gasteiger partial charge in [0.05, 0.1) is 12.5 Å². The molecule has 2 amide bonds. The van der Waals surface area contributed by atoms with E-state index in [0.717, 1.165) is 36.7 Å². The number of benzene rings is 1. The van der Waals surface area contributed by atoms with Gasteiger partial charge in [-0.05, 0) is 55.4 Å². The van der Waals surface area contributed by atoms with Crippen LogP contribution in [0.25, 0.3) is 5.57 Å². The van der Waals surface area contributed by atoms with E-state index in [1.807, 2.05) is 26.0 Å². The zero-order chi connectivity index (χ0) is 19.2. The third kappa shape index (κ3) is 5.24. The molecule has 1 unspecified atom stereocenters. The maximum Gasteiger partial charge on any atom is 0.331 e. The average molecular weight is 381 g/mol. The molecule has 1 aromatic carbocycles. The number of allylic oxidation sites excluding steroid dienone is 1. The quantitative estimate of drug-likeness (QED) is 0.815. The fraction of sp³-hybridized carbons (Fsp3) is 0.526. The van der Waals surface area contributed by atoms with E-state index in [0.29, 0.717) is 24.3 Å². The summed E-state index contributed by atoms with van der Waals surface area (Å²) in [5, 5.41) is 1.14. The topological polar surface area (TPSA) is 75.7 Å². The second-order valence-corrected chi connectivity index (χ2v) is 7.96. The van der Waals surface area contributed by atoms with Crippen LogP contribution in [-0.2, 0) is 10.0 Å². The molecule has 144 valence electrons. The number of sulfonamides is 1. The summed E-state index contributed by atoms with van der Waals surface area (Å²) in [5.74, 6) is 0.655. The fourth-order valence-electron chi connectivity index (χ4n) is 3.27. The first-order valence-electron chi connectivity index (χ1n) is 9.08. The molecule has 1 saturated heterocycles. The molecule has 1 atom stereocenters. The van der Waals surface area contributed by atoms with Crippen LogP contribution < -0.4 is 9.46 Å². The van der Waals surface area contributed by atoms with Crippen molar-refractivity contribution >= 4 is 21.6 Å². The van der Waals surface area contributed by atoms with Crippen LogP contribution in [0.1, 0.15) is 51.5 Å². The van der Waals surface area contributed by atoms with E-state index in [1.165, 1.54) is 0 Å². The Hall–Kier alpha value is -2.02. The molecule has 7 heteroatoms. The van der Waals surface area contributed by atoms with Crippen molar-refractivity contribution in [3.8, 4) is 5.75 Å². The Morgan fingerprint density at radius 3 is 2.77 bits per heavy atom. The smallest absolute Gasteiger partial charge is 0.331 e. The molecule has 0 aromatic heterocycles. The number of piperidine rings is 1. The highest BCUT2D eigenvalue weighted by molar-refractivity contribution is 7.93. The molecule has 1 fully saturated rings. The summed E-state index contributed by atoms with van der Waals surface area (Å²) >= 11 is 0. The van der Waals surface area contributed by atoms with Crippen molar-refractivity contribution in [1.82, 2.24) is 9.62 Å². The van der Waals surface area contributed by atoms with E-state index in [1.54, 1.807) is 24.1 Å². The van der Waals surface area contributed by atoms with Crippen LogP contribution in [0, 0.1) is 0 Å². The van der Waals surface area contributed by atoms with Crippen molar-refractivity contribution in [2.24, 2.45) is 0 Å². The summed E-state index contributed by atoms with van der Waals surface area (Å²) in [6.45, 7) is 4.49. The zero-order valence-electron chi connectivity index (χ0n) is 15.7. The summed E-state index contributed by atoms with van der Waals surface area (Å²) < 4.78 is 32.4. The SMILES string of the molecule is CC/C(=C/S(=O)(=O)NC(=O)N1CCCCC1CC)c1cccc(OC)c1. The molecule has 26 heavy (non-hydrogen) atoms. The first kappa shape index (κ1) is 20.3. The predicted molar refractivity (Wildman–Crippen MR) is 103 cm³/mol. The molecular formula is C19H28N2O4S. The van der Waals surface area contributed by atoms with Crippen molar-refractivity contribution in [2.75, 3.05) is 13.7 Å². The predicted octanol–water partition coefficient (Wildman–Crippen LogP) is 3.75. The first-order chi connectivity index (χ1) is 12.4. The summed E-state index contributed by atoms with van der Waals surface area (Å²) in [6, 6.07) is 6.79. The van der Waals surface area contributed by atoms with Gasteiger partial charge in [0.2, 0.25) is 0 Å². The van der Waals surface area contributed by atoms with Crippen molar-refractivity contribution in [1.29, 1.82) is 0 Å². The minimum absolute atomic E-state index is 0.104. The number of nitrogens with zero attached hydrogens (tertiary/aromatic N) is 1. The number of likely N-dealkylation sites (tertiary alicyclic amines) is 1. The second kappa shape index (κ2) is 9.07. The number of carbonyl (C=O) groups is 1. The van der Waals surface area contributed by atoms with Gasteiger partial charge in [-0.2, -0.15) is 0 Å². The number of rotatable bonds is 6. The Labute approximate surface area is 156 Å². The lowest BCUT2D eigenvalue weighted by atomic mass is 10.0. The van der Waals surface area contributed by atoms with Gasteiger partial charge in [0.15, 0.2) is 0 Å². The molecule has 2 rings (SSSR count). The molecule has 1 aromatic rings. The van der Waals surface area contributed by atoms with Gasteiger partial charge in [-0.3, -0.25) is 0 Å². The van der Waals surface area contributed by atoms with Gasteiger partial charge in [-0.25, -0.2) is 17.9 Å². The number of urea groups is 1. The Kier molecular flexibility index (Phi) is 7.08. The molecule has 1 aliphatic heterocycles. The lowest BCUT2D eigenvalue weighted by Crippen LogP contribution is -2.49. The molecule has 1 aliphatic rings. The molecule has 0 bridgehead atoms. The third-order valence-corrected chi connectivity index (χ3v) is 5.76. The van der Waals surface area contributed by atoms with Crippen molar-refractivity contribution in [3.05, 3.63) is 35.2 Å². The van der Waals surface area contributed by atoms with Crippen LogP contribution >= 0.6 is 0 Å². The van der Waals surface area contributed by atoms with Crippen molar-refractivity contribution < 1.29 is 17.9 Å². The Bertz CT molecular complexity index is 759. The third-order valence-electron chi connectivity index (χ3n) is 4.71. The fourth-order valence-corrected chi connectivity index (χ4v) is 4.36. The maximum atomic E-state index is 12.5. The van der Waals surface area contributed by atoms with E-state index in [2.05, 4.69) is 4.72 Å². The molecule has 0 radical (unpaired) electrons. The van der Waals surface area contributed by atoms with Crippen LogP contribution in [0.5, 0.6) is 5.75 Å². The Morgan fingerprint density at radius 1 is 1.35 bits per heavy atom. The van der Waals surface area contributed by atoms with E-state index in [9.17, 15) is 13.2 Å². The number of carbonyl (C=O) groups excluding carboxylic acids is 1. The van der Waals surface area contributed by atoms with Crippen LogP contribution in [0.15, 0.2) is 29.7 Å². The molecule has 1 heterocycles. The molecular weight excluding hydrogens is 352 g/mol. The highest BCUT2D eigenvalue weighted by Crippen LogP contribution is 2.24. The Balaban J connectivity index is 2.19. The molecule has 0 spiro atoms. The highest BCUT2D eigenvalue weighted by Gasteiger charge is 2.27. The summed E-state index contributed by atoms with van der Waals surface area (Å²) in [4.78, 5) is 14.1. The summed E-state index contributed by atoms with van der Waals surface area (Å²) in [6.07, 6.45) is 4.25. The van der Waals surface area contributed by atoms with E-state index >= 15 is 0 Å². The normalized spacial score (nSPS) is 18.5. The lowest BCUT2D eigenvalue weighted by molar-refractivity contribution is 0.154. The largest absolute Gasteiger partial charge is 0.497 e. The van der Waals surface area contributed by atoms with Crippen LogP contribution in [0.4, 0.5) is 4.79 Å². The standard InChI is InChI=1S/C19H28N2O4S/c1-4-15(16-9-8-11-18(13-16)25-3)14-26(23,24)20-19(22)21-12-7-6-10-17(21)5-2/h8-9,11,13-14,17H,4-7,10,12H2,1-3H3,(H,20,22)/b15-14-. The van der Waals surface area contributed by atoms with Crippen molar-refractivity contribution in [3.63, 3.8) is 0 Å². The van der Waals surface area contributed by atoms with Gasteiger partial charge in [0.25, 0.3) is 10.0 Å². The number of amides is 2. The van der Waals surface area contributed by atoms with Gasteiger partial charge in [0, 0.05) is 12.6 Å². The second-order valence-electron chi connectivity index (χ2n) is 6.43. The van der Waals surface area contributed by atoms with E-state index < -0.39 is 16.1 Å². The molecule has 0 saturated carbocycles. The lowest BCUT2D eigenvalue weighted by Gasteiger charge is -2.34. The van der Waals surface area contributed by atoms with Gasteiger partial charge in [-0.15, -0.1) is 0 Å². The van der Waals surface area contributed by atoms with Gasteiger partial charge >= 0.3 is 6.03 Å². The number of hydrogen-bond acceptors (Lipinski definition) is 4. The van der Waals surface area contributed by atoms with Gasteiger partial charge in [0.1, 0.15) is 5.75 Å². The van der Waals surface area contributed by atoms with E-state index in [-0.39, 0.29) is 6.04 Å². The Morgan fingerprint density at radius 2 is 2.12 bits per heavy atom. The van der Waals surface area contributed by atoms with E-state index in [4.69, 9.17) is 4.74 Å². The van der Waals surface area contributed by atoms with Gasteiger partial charge < -0.3 is 9.64 Å². The molecule has 0 aliphatic carbocycles.